The van der Waals surface area contributed by atoms with Gasteiger partial charge in [-0.05, 0) is 107 Å². The summed E-state index contributed by atoms with van der Waals surface area (Å²) in [6, 6.07) is 58.4. The zero-order valence-corrected chi connectivity index (χ0v) is 29.8. The fraction of sp³-hybridized carbons (Fsp3) is 0.0833. The highest BCUT2D eigenvalue weighted by atomic mass is 16.4. The van der Waals surface area contributed by atoms with Crippen molar-refractivity contribution >= 4 is 43.6 Å². The second-order valence-electron chi connectivity index (χ2n) is 14.8. The lowest BCUT2D eigenvalue weighted by Crippen LogP contribution is -2.10. The molecule has 0 unspecified atom stereocenters. The monoisotopic (exact) mass is 684 g/mol. The number of rotatable bonds is 5. The van der Waals surface area contributed by atoms with Crippen molar-refractivity contribution in [2.24, 2.45) is 0 Å². The van der Waals surface area contributed by atoms with Crippen LogP contribution in [0.5, 0.6) is 0 Å². The second kappa shape index (κ2) is 11.9. The van der Waals surface area contributed by atoms with E-state index in [9.17, 15) is 0 Å². The lowest BCUT2D eigenvalue weighted by atomic mass is 9.87. The van der Waals surface area contributed by atoms with Crippen LogP contribution in [-0.4, -0.2) is 19.3 Å². The Hall–Kier alpha value is -6.72. The largest absolute Gasteiger partial charge is 0.416 e. The number of benzene rings is 7. The van der Waals surface area contributed by atoms with Crippen molar-refractivity contribution in [1.82, 2.24) is 19.3 Å². The number of hydrogen-bond donors (Lipinski definition) is 0. The van der Waals surface area contributed by atoms with Gasteiger partial charge in [-0.15, -0.1) is 10.2 Å². The van der Waals surface area contributed by atoms with Crippen molar-refractivity contribution in [3.63, 3.8) is 0 Å². The standard InChI is InChI=1S/C48H36N4O/c1-48(2,3)35-21-25-37(26-22-35)52-43-16-10-8-14-39(43)41-30-34(20-28-45(41)52)33-19-27-44-40(29-33)38-13-7-9-15-42(38)51(44)36-23-17-32(18-24-36)47-50-49-46(53-47)31-11-5-4-6-12-31/h4-30H,1-3H3. The third kappa shape index (κ3) is 5.15. The number of aromatic nitrogens is 4. The molecule has 7 aromatic carbocycles. The molecule has 0 radical (unpaired) electrons. The minimum atomic E-state index is 0.107. The molecule has 3 heterocycles. The maximum Gasteiger partial charge on any atom is 0.248 e. The first-order valence-corrected chi connectivity index (χ1v) is 18.1. The average Bonchev–Trinajstić information content (AvgIpc) is 3.91. The molecule has 0 aliphatic heterocycles. The third-order valence-electron chi connectivity index (χ3n) is 10.5. The van der Waals surface area contributed by atoms with E-state index in [0.717, 1.165) is 27.8 Å². The topological polar surface area (TPSA) is 48.8 Å². The molecule has 0 aliphatic rings. The first-order chi connectivity index (χ1) is 25.9. The Morgan fingerprint density at radius 3 is 1.32 bits per heavy atom. The lowest BCUT2D eigenvalue weighted by molar-refractivity contribution is 0.584. The fourth-order valence-electron chi connectivity index (χ4n) is 7.76. The molecule has 10 aromatic rings. The van der Waals surface area contributed by atoms with E-state index in [1.54, 1.807) is 0 Å². The summed E-state index contributed by atoms with van der Waals surface area (Å²) >= 11 is 0. The Labute approximate surface area is 307 Å². The highest BCUT2D eigenvalue weighted by Gasteiger charge is 2.18. The molecule has 0 bridgehead atoms. The summed E-state index contributed by atoms with van der Waals surface area (Å²) in [5.74, 6) is 1.01. The van der Waals surface area contributed by atoms with E-state index in [4.69, 9.17) is 4.42 Å². The molecule has 0 saturated heterocycles. The van der Waals surface area contributed by atoms with Crippen LogP contribution in [0.1, 0.15) is 26.3 Å². The van der Waals surface area contributed by atoms with E-state index in [0.29, 0.717) is 11.8 Å². The minimum absolute atomic E-state index is 0.107. The van der Waals surface area contributed by atoms with E-state index in [-0.39, 0.29) is 5.41 Å². The Balaban J connectivity index is 1.05. The number of para-hydroxylation sites is 2. The Bertz CT molecular complexity index is 2960. The van der Waals surface area contributed by atoms with E-state index in [1.165, 1.54) is 55.0 Å². The van der Waals surface area contributed by atoms with Crippen LogP contribution in [0, 0.1) is 0 Å². The summed E-state index contributed by atoms with van der Waals surface area (Å²) in [5.41, 5.74) is 12.6. The Morgan fingerprint density at radius 2 is 0.811 bits per heavy atom. The molecule has 0 spiro atoms. The van der Waals surface area contributed by atoms with Crippen LogP contribution in [0.4, 0.5) is 0 Å². The van der Waals surface area contributed by atoms with Crippen LogP contribution in [0.3, 0.4) is 0 Å². The smallest absolute Gasteiger partial charge is 0.248 e. The van der Waals surface area contributed by atoms with Gasteiger partial charge in [-0.1, -0.05) is 99.6 Å². The minimum Gasteiger partial charge on any atom is -0.416 e. The van der Waals surface area contributed by atoms with Crippen LogP contribution in [0.15, 0.2) is 168 Å². The van der Waals surface area contributed by atoms with Gasteiger partial charge in [0.15, 0.2) is 0 Å². The van der Waals surface area contributed by atoms with Crippen molar-refractivity contribution in [2.75, 3.05) is 0 Å². The number of fused-ring (bicyclic) bond motifs is 6. The van der Waals surface area contributed by atoms with Gasteiger partial charge < -0.3 is 13.6 Å². The van der Waals surface area contributed by atoms with Gasteiger partial charge >= 0.3 is 0 Å². The molecule has 0 aliphatic carbocycles. The summed E-state index contributed by atoms with van der Waals surface area (Å²) in [5, 5.41) is 13.5. The molecular weight excluding hydrogens is 649 g/mol. The molecular formula is C48H36N4O. The molecule has 53 heavy (non-hydrogen) atoms. The van der Waals surface area contributed by atoms with Gasteiger partial charge in [-0.3, -0.25) is 0 Å². The molecule has 0 saturated carbocycles. The van der Waals surface area contributed by atoms with Gasteiger partial charge in [-0.25, -0.2) is 0 Å². The predicted molar refractivity (Wildman–Crippen MR) is 218 cm³/mol. The van der Waals surface area contributed by atoms with E-state index in [1.807, 2.05) is 30.3 Å². The van der Waals surface area contributed by atoms with Crippen molar-refractivity contribution in [1.29, 1.82) is 0 Å². The second-order valence-corrected chi connectivity index (χ2v) is 14.8. The number of hydrogen-bond acceptors (Lipinski definition) is 3. The highest BCUT2D eigenvalue weighted by Crippen LogP contribution is 2.39. The van der Waals surface area contributed by atoms with E-state index in [2.05, 4.69) is 174 Å². The number of nitrogens with zero attached hydrogens (tertiary/aromatic N) is 4. The molecule has 10 rings (SSSR count). The summed E-state index contributed by atoms with van der Waals surface area (Å²) in [4.78, 5) is 0. The molecule has 3 aromatic heterocycles. The average molecular weight is 685 g/mol. The van der Waals surface area contributed by atoms with Gasteiger partial charge in [0.25, 0.3) is 0 Å². The summed E-state index contributed by atoms with van der Waals surface area (Å²) in [6.45, 7) is 6.78. The molecule has 254 valence electrons. The van der Waals surface area contributed by atoms with Crippen LogP contribution >= 0.6 is 0 Å². The molecule has 0 N–H and O–H groups in total. The summed E-state index contributed by atoms with van der Waals surface area (Å²) < 4.78 is 10.8. The normalized spacial score (nSPS) is 12.1. The SMILES string of the molecule is CC(C)(C)c1ccc(-n2c3ccccc3c3cc(-c4ccc5c(c4)c4ccccc4n5-c4ccc(-c5nnc(-c6ccccc6)o5)cc4)ccc32)cc1. The first-order valence-electron chi connectivity index (χ1n) is 18.1. The van der Waals surface area contributed by atoms with Gasteiger partial charge in [-0.2, -0.15) is 0 Å². The molecule has 5 nitrogen and oxygen atoms in total. The predicted octanol–water partition coefficient (Wildman–Crippen LogP) is 12.6. The zero-order valence-electron chi connectivity index (χ0n) is 29.8. The molecule has 0 atom stereocenters. The third-order valence-corrected chi connectivity index (χ3v) is 10.5. The molecule has 0 fully saturated rings. The highest BCUT2D eigenvalue weighted by molar-refractivity contribution is 6.12. The summed E-state index contributed by atoms with van der Waals surface area (Å²) in [6.07, 6.45) is 0. The Kier molecular flexibility index (Phi) is 6.99. The fourth-order valence-corrected chi connectivity index (χ4v) is 7.76. The molecule has 0 amide bonds. The zero-order chi connectivity index (χ0) is 35.7. The van der Waals surface area contributed by atoms with E-state index < -0.39 is 0 Å². The van der Waals surface area contributed by atoms with E-state index >= 15 is 0 Å². The van der Waals surface area contributed by atoms with Gasteiger partial charge in [0.2, 0.25) is 11.8 Å². The van der Waals surface area contributed by atoms with Crippen LogP contribution in [0.2, 0.25) is 0 Å². The quantitative estimate of drug-likeness (QED) is 0.181. The summed E-state index contributed by atoms with van der Waals surface area (Å²) in [7, 11) is 0. The van der Waals surface area contributed by atoms with Crippen molar-refractivity contribution in [2.45, 2.75) is 26.2 Å². The van der Waals surface area contributed by atoms with Crippen LogP contribution in [0.25, 0.3) is 89.0 Å². The van der Waals surface area contributed by atoms with Crippen LogP contribution in [-0.2, 0) is 5.41 Å². The molecule has 5 heteroatoms. The van der Waals surface area contributed by atoms with Gasteiger partial charge in [0.1, 0.15) is 0 Å². The van der Waals surface area contributed by atoms with Crippen LogP contribution < -0.4 is 0 Å². The Morgan fingerprint density at radius 1 is 0.396 bits per heavy atom. The first kappa shape index (κ1) is 31.1. The van der Waals surface area contributed by atoms with Gasteiger partial charge in [0, 0.05) is 44.0 Å². The van der Waals surface area contributed by atoms with Crippen molar-refractivity contribution in [3.05, 3.63) is 169 Å². The van der Waals surface area contributed by atoms with Crippen molar-refractivity contribution in [3.8, 4) is 45.4 Å². The van der Waals surface area contributed by atoms with Gasteiger partial charge in [0.05, 0.1) is 22.1 Å². The lowest BCUT2D eigenvalue weighted by Gasteiger charge is -2.19. The maximum atomic E-state index is 6.04. The maximum absolute atomic E-state index is 6.04. The van der Waals surface area contributed by atoms with Crippen molar-refractivity contribution < 1.29 is 4.42 Å².